The number of hydrogen-bond acceptors (Lipinski definition) is 5. The molecule has 1 saturated heterocycles. The van der Waals surface area contributed by atoms with Gasteiger partial charge in [0.2, 0.25) is 15.9 Å². The minimum absolute atomic E-state index is 0. The van der Waals surface area contributed by atoms with E-state index in [2.05, 4.69) is 15.4 Å². The summed E-state index contributed by atoms with van der Waals surface area (Å²) in [4.78, 5) is 12.7. The number of halogens is 1. The van der Waals surface area contributed by atoms with Crippen LogP contribution in [0.5, 0.6) is 5.75 Å². The molecule has 2 saturated carbocycles. The van der Waals surface area contributed by atoms with E-state index in [1.54, 1.807) is 12.1 Å². The summed E-state index contributed by atoms with van der Waals surface area (Å²) in [6, 6.07) is 4.77. The Kier molecular flexibility index (Phi) is 5.72. The smallest absolute Gasteiger partial charge is 0.244 e. The zero-order valence-corrected chi connectivity index (χ0v) is 16.9. The van der Waals surface area contributed by atoms with E-state index in [1.165, 1.54) is 13.2 Å². The first-order valence-electron chi connectivity index (χ1n) is 9.15. The number of benzene rings is 1. The van der Waals surface area contributed by atoms with Gasteiger partial charge in [-0.1, -0.05) is 0 Å². The number of sulfonamides is 1. The van der Waals surface area contributed by atoms with Gasteiger partial charge in [-0.05, 0) is 68.8 Å². The van der Waals surface area contributed by atoms with E-state index in [4.69, 9.17) is 4.74 Å². The largest absolute Gasteiger partial charge is 0.495 e. The molecule has 4 rings (SSSR count). The molecule has 1 aliphatic heterocycles. The van der Waals surface area contributed by atoms with Gasteiger partial charge < -0.3 is 15.4 Å². The molecule has 3 fully saturated rings. The van der Waals surface area contributed by atoms with Gasteiger partial charge in [-0.3, -0.25) is 4.79 Å². The van der Waals surface area contributed by atoms with Crippen LogP contribution in [0, 0.1) is 11.3 Å². The Morgan fingerprint density at radius 2 is 1.96 bits per heavy atom. The lowest BCUT2D eigenvalue weighted by atomic mass is 9.92. The number of hydrogen-bond donors (Lipinski definition) is 3. The van der Waals surface area contributed by atoms with E-state index < -0.39 is 10.0 Å². The summed E-state index contributed by atoms with van der Waals surface area (Å²) in [6.07, 6.45) is 4.69. The van der Waals surface area contributed by atoms with Crippen molar-refractivity contribution in [3.8, 4) is 5.75 Å². The summed E-state index contributed by atoms with van der Waals surface area (Å²) in [5.74, 6) is 0.282. The Morgan fingerprint density at radius 3 is 2.59 bits per heavy atom. The van der Waals surface area contributed by atoms with Gasteiger partial charge in [0.15, 0.2) is 0 Å². The molecule has 0 bridgehead atoms. The molecular weight excluding hydrogens is 390 g/mol. The fraction of sp³-hybridized carbons (Fsp3) is 0.611. The summed E-state index contributed by atoms with van der Waals surface area (Å²) in [6.45, 7) is 1.92. The molecule has 1 spiro atoms. The van der Waals surface area contributed by atoms with Crippen molar-refractivity contribution >= 4 is 34.0 Å². The average molecular weight is 416 g/mol. The standard InChI is InChI=1S/C18H25N3O4S.ClH/c1-25-15-5-4-13(10-16(15)26(23,24)21-12-2-3-12)20-17(22)14-11-18(14)6-8-19-9-7-18;/h4-5,10,12,14,19,21H,2-3,6-9,11H2,1H3,(H,20,22);1H. The highest BCUT2D eigenvalue weighted by Crippen LogP contribution is 2.58. The molecule has 3 aliphatic rings. The molecule has 0 radical (unpaired) electrons. The van der Waals surface area contributed by atoms with E-state index >= 15 is 0 Å². The first-order valence-corrected chi connectivity index (χ1v) is 10.6. The Balaban J connectivity index is 0.00000210. The number of anilines is 1. The van der Waals surface area contributed by atoms with Crippen molar-refractivity contribution < 1.29 is 17.9 Å². The number of nitrogens with one attached hydrogen (secondary N) is 3. The molecule has 1 atom stereocenters. The van der Waals surface area contributed by atoms with Crippen molar-refractivity contribution in [3.05, 3.63) is 18.2 Å². The third-order valence-corrected chi connectivity index (χ3v) is 7.27. The SMILES string of the molecule is COc1ccc(NC(=O)C2CC23CCNCC3)cc1S(=O)(=O)NC1CC1.Cl. The Bertz CT molecular complexity index is 820. The minimum Gasteiger partial charge on any atom is -0.495 e. The van der Waals surface area contributed by atoms with Crippen molar-refractivity contribution in [1.29, 1.82) is 0 Å². The van der Waals surface area contributed by atoms with E-state index in [9.17, 15) is 13.2 Å². The molecule has 1 heterocycles. The maximum atomic E-state index is 12.6. The maximum absolute atomic E-state index is 12.6. The van der Waals surface area contributed by atoms with Gasteiger partial charge in [0.1, 0.15) is 10.6 Å². The molecule has 1 aromatic rings. The summed E-state index contributed by atoms with van der Waals surface area (Å²) in [7, 11) is -2.22. The summed E-state index contributed by atoms with van der Waals surface area (Å²) in [5, 5.41) is 6.23. The van der Waals surface area contributed by atoms with Crippen LogP contribution in [0.2, 0.25) is 0 Å². The number of methoxy groups -OCH3 is 1. The lowest BCUT2D eigenvalue weighted by Crippen LogP contribution is -2.31. The van der Waals surface area contributed by atoms with Crippen LogP contribution in [0.1, 0.15) is 32.1 Å². The van der Waals surface area contributed by atoms with Crippen LogP contribution < -0.4 is 20.1 Å². The molecule has 1 unspecified atom stereocenters. The fourth-order valence-electron chi connectivity index (χ4n) is 3.87. The quantitative estimate of drug-likeness (QED) is 0.659. The highest BCUT2D eigenvalue weighted by Gasteiger charge is 2.57. The van der Waals surface area contributed by atoms with Crippen molar-refractivity contribution in [3.63, 3.8) is 0 Å². The Labute approximate surface area is 166 Å². The van der Waals surface area contributed by atoms with Crippen molar-refractivity contribution in [2.75, 3.05) is 25.5 Å². The molecule has 27 heavy (non-hydrogen) atoms. The van der Waals surface area contributed by atoms with E-state index in [-0.39, 0.29) is 46.3 Å². The van der Waals surface area contributed by atoms with Crippen molar-refractivity contribution in [1.82, 2.24) is 10.0 Å². The zero-order valence-electron chi connectivity index (χ0n) is 15.3. The monoisotopic (exact) mass is 415 g/mol. The van der Waals surface area contributed by atoms with Crippen LogP contribution in [-0.2, 0) is 14.8 Å². The van der Waals surface area contributed by atoms with Crippen LogP contribution in [0.3, 0.4) is 0 Å². The van der Waals surface area contributed by atoms with Gasteiger partial charge in [0, 0.05) is 17.6 Å². The molecular formula is C18H26ClN3O4S. The van der Waals surface area contributed by atoms with E-state index in [0.29, 0.717) is 5.69 Å². The lowest BCUT2D eigenvalue weighted by molar-refractivity contribution is -0.118. The number of rotatable bonds is 6. The van der Waals surface area contributed by atoms with Crippen molar-refractivity contribution in [2.45, 2.75) is 43.0 Å². The predicted octanol–water partition coefficient (Wildman–Crippen LogP) is 1.89. The van der Waals surface area contributed by atoms with Crippen LogP contribution in [0.4, 0.5) is 5.69 Å². The Hall–Kier alpha value is -1.35. The van der Waals surface area contributed by atoms with Gasteiger partial charge in [-0.25, -0.2) is 13.1 Å². The molecule has 150 valence electrons. The highest BCUT2D eigenvalue weighted by molar-refractivity contribution is 7.89. The topological polar surface area (TPSA) is 96.5 Å². The van der Waals surface area contributed by atoms with Crippen LogP contribution in [-0.4, -0.2) is 40.6 Å². The van der Waals surface area contributed by atoms with Gasteiger partial charge in [0.05, 0.1) is 7.11 Å². The third kappa shape index (κ3) is 4.23. The molecule has 1 amide bonds. The van der Waals surface area contributed by atoms with Gasteiger partial charge in [0.25, 0.3) is 0 Å². The number of carbonyl (C=O) groups excluding carboxylic acids is 1. The predicted molar refractivity (Wildman–Crippen MR) is 105 cm³/mol. The number of amides is 1. The van der Waals surface area contributed by atoms with E-state index in [1.807, 2.05) is 0 Å². The normalized spacial score (nSPS) is 23.4. The second kappa shape index (κ2) is 7.58. The lowest BCUT2D eigenvalue weighted by Gasteiger charge is -2.23. The fourth-order valence-corrected chi connectivity index (χ4v) is 5.37. The number of carbonyl (C=O) groups is 1. The molecule has 2 aliphatic carbocycles. The van der Waals surface area contributed by atoms with Crippen molar-refractivity contribution in [2.24, 2.45) is 11.3 Å². The van der Waals surface area contributed by atoms with Gasteiger partial charge >= 0.3 is 0 Å². The second-order valence-corrected chi connectivity index (χ2v) is 9.30. The summed E-state index contributed by atoms with van der Waals surface area (Å²) >= 11 is 0. The van der Waals surface area contributed by atoms with Gasteiger partial charge in [-0.15, -0.1) is 12.4 Å². The molecule has 1 aromatic carbocycles. The minimum atomic E-state index is -3.66. The highest BCUT2D eigenvalue weighted by atomic mass is 35.5. The summed E-state index contributed by atoms with van der Waals surface area (Å²) < 4.78 is 33.0. The molecule has 3 N–H and O–H groups in total. The average Bonchev–Trinajstić information content (AvgIpc) is 3.54. The number of piperidine rings is 1. The Morgan fingerprint density at radius 1 is 1.26 bits per heavy atom. The van der Waals surface area contributed by atoms with Crippen LogP contribution >= 0.6 is 12.4 Å². The first kappa shape index (κ1) is 20.4. The molecule has 7 nitrogen and oxygen atoms in total. The zero-order chi connectivity index (χ0) is 18.4. The number of ether oxygens (including phenoxy) is 1. The first-order chi connectivity index (χ1) is 12.4. The van der Waals surface area contributed by atoms with Crippen LogP contribution in [0.25, 0.3) is 0 Å². The van der Waals surface area contributed by atoms with E-state index in [0.717, 1.165) is 45.2 Å². The maximum Gasteiger partial charge on any atom is 0.244 e. The van der Waals surface area contributed by atoms with Crippen LogP contribution in [0.15, 0.2) is 23.1 Å². The molecule has 9 heteroatoms. The van der Waals surface area contributed by atoms with Gasteiger partial charge in [-0.2, -0.15) is 0 Å². The second-order valence-electron chi connectivity index (χ2n) is 7.62. The molecule has 0 aromatic heterocycles. The summed E-state index contributed by atoms with van der Waals surface area (Å²) in [5.41, 5.74) is 0.632. The third-order valence-electron chi connectivity index (χ3n) is 5.73.